The number of fused-ring (bicyclic) bond motifs is 1. The fourth-order valence-electron chi connectivity index (χ4n) is 3.74. The number of hydrogen-bond acceptors (Lipinski definition) is 3. The average molecular weight is 252 g/mol. The Morgan fingerprint density at radius 1 is 1.33 bits per heavy atom. The lowest BCUT2D eigenvalue weighted by atomic mass is 9.97. The van der Waals surface area contributed by atoms with E-state index in [2.05, 4.69) is 17.1 Å². The normalized spacial score (nSPS) is 37.9. The van der Waals surface area contributed by atoms with Crippen molar-refractivity contribution in [2.24, 2.45) is 0 Å². The fraction of sp³-hybridized carbons (Fsp3) is 0.929. The van der Waals surface area contributed by atoms with Crippen LogP contribution in [0, 0.1) is 0 Å². The molecule has 18 heavy (non-hydrogen) atoms. The summed E-state index contributed by atoms with van der Waals surface area (Å²) in [7, 11) is 0. The molecule has 0 saturated carbocycles. The first kappa shape index (κ1) is 12.4. The summed E-state index contributed by atoms with van der Waals surface area (Å²) in [5.41, 5.74) is 0. The van der Waals surface area contributed by atoms with E-state index in [-0.39, 0.29) is 0 Å². The number of carbonyl (C=O) groups is 1. The molecule has 4 unspecified atom stereocenters. The van der Waals surface area contributed by atoms with Gasteiger partial charge in [0.15, 0.2) is 0 Å². The zero-order chi connectivity index (χ0) is 12.5. The second kappa shape index (κ2) is 5.17. The van der Waals surface area contributed by atoms with Gasteiger partial charge in [0, 0.05) is 37.7 Å². The van der Waals surface area contributed by atoms with E-state index >= 15 is 0 Å². The molecular formula is C14H24N2O2. The smallest absolute Gasteiger partial charge is 0.224 e. The van der Waals surface area contributed by atoms with Crippen LogP contribution in [0.25, 0.3) is 0 Å². The van der Waals surface area contributed by atoms with Gasteiger partial charge in [0.25, 0.3) is 0 Å². The number of ether oxygens (including phenoxy) is 1. The number of nitrogens with one attached hydrogen (secondary N) is 1. The number of hydrogen-bond donors (Lipinski definition) is 1. The summed E-state index contributed by atoms with van der Waals surface area (Å²) >= 11 is 0. The number of rotatable bonds is 3. The molecule has 3 aliphatic rings. The molecule has 4 nitrogen and oxygen atoms in total. The highest BCUT2D eigenvalue weighted by Gasteiger charge is 2.41. The molecule has 0 aliphatic carbocycles. The Morgan fingerprint density at radius 2 is 2.22 bits per heavy atom. The Labute approximate surface area is 109 Å². The molecule has 0 aromatic heterocycles. The van der Waals surface area contributed by atoms with Crippen LogP contribution >= 0.6 is 0 Å². The average Bonchev–Trinajstić information content (AvgIpc) is 3.00. The van der Waals surface area contributed by atoms with Crippen molar-refractivity contribution in [3.63, 3.8) is 0 Å². The van der Waals surface area contributed by atoms with Crippen LogP contribution in [0.1, 0.15) is 45.4 Å². The van der Waals surface area contributed by atoms with E-state index in [1.165, 1.54) is 25.7 Å². The van der Waals surface area contributed by atoms with E-state index in [0.29, 0.717) is 36.6 Å². The molecule has 1 amide bonds. The van der Waals surface area contributed by atoms with E-state index in [9.17, 15) is 4.79 Å². The van der Waals surface area contributed by atoms with E-state index in [0.717, 1.165) is 19.6 Å². The number of nitrogens with zero attached hydrogens (tertiary/aromatic N) is 1. The number of piperidine rings is 1. The van der Waals surface area contributed by atoms with Crippen LogP contribution in [0.3, 0.4) is 0 Å². The predicted octanol–water partition coefficient (Wildman–Crippen LogP) is 1.30. The summed E-state index contributed by atoms with van der Waals surface area (Å²) in [6, 6.07) is 1.15. The number of amides is 1. The molecule has 0 aromatic rings. The standard InChI is InChI=1S/C14H24N2O2/c1-10(13-6-4-8-18-13)15-11-9-14(17)16-7-3-2-5-12(11)16/h10-13,15H,2-9H2,1H3. The minimum Gasteiger partial charge on any atom is -0.377 e. The second-order valence-corrected chi connectivity index (χ2v) is 5.97. The maximum atomic E-state index is 12.0. The third-order valence-corrected chi connectivity index (χ3v) is 4.73. The third kappa shape index (κ3) is 2.28. The van der Waals surface area contributed by atoms with E-state index < -0.39 is 0 Å². The monoisotopic (exact) mass is 252 g/mol. The highest BCUT2D eigenvalue weighted by molar-refractivity contribution is 5.80. The molecule has 102 valence electrons. The van der Waals surface area contributed by atoms with Gasteiger partial charge >= 0.3 is 0 Å². The van der Waals surface area contributed by atoms with Crippen LogP contribution in [-0.4, -0.2) is 48.2 Å². The summed E-state index contributed by atoms with van der Waals surface area (Å²) in [6.45, 7) is 4.07. The Balaban J connectivity index is 1.60. The SMILES string of the molecule is CC(NC1CC(=O)N2CCCCC12)C1CCCO1. The zero-order valence-corrected chi connectivity index (χ0v) is 11.2. The van der Waals surface area contributed by atoms with Crippen LogP contribution < -0.4 is 5.32 Å². The Bertz CT molecular complexity index is 315. The molecule has 3 aliphatic heterocycles. The quantitative estimate of drug-likeness (QED) is 0.823. The first-order valence-electron chi connectivity index (χ1n) is 7.43. The first-order valence-corrected chi connectivity index (χ1v) is 7.43. The lowest BCUT2D eigenvalue weighted by Gasteiger charge is -2.34. The Kier molecular flexibility index (Phi) is 3.57. The summed E-state index contributed by atoms with van der Waals surface area (Å²) in [4.78, 5) is 14.1. The van der Waals surface area contributed by atoms with Crippen molar-refractivity contribution in [1.82, 2.24) is 10.2 Å². The molecule has 4 heteroatoms. The van der Waals surface area contributed by atoms with Crippen LogP contribution in [0.15, 0.2) is 0 Å². The van der Waals surface area contributed by atoms with Crippen molar-refractivity contribution in [3.05, 3.63) is 0 Å². The molecule has 0 radical (unpaired) electrons. The molecule has 3 rings (SSSR count). The van der Waals surface area contributed by atoms with Crippen molar-refractivity contribution >= 4 is 5.91 Å². The molecule has 0 aromatic carbocycles. The molecule has 4 atom stereocenters. The highest BCUT2D eigenvalue weighted by Crippen LogP contribution is 2.29. The Hall–Kier alpha value is -0.610. The van der Waals surface area contributed by atoms with Gasteiger partial charge in [-0.25, -0.2) is 0 Å². The van der Waals surface area contributed by atoms with Gasteiger partial charge in [0.05, 0.1) is 6.10 Å². The number of carbonyl (C=O) groups excluding carboxylic acids is 1. The van der Waals surface area contributed by atoms with E-state index in [4.69, 9.17) is 4.74 Å². The zero-order valence-electron chi connectivity index (χ0n) is 11.2. The van der Waals surface area contributed by atoms with Crippen LogP contribution in [-0.2, 0) is 9.53 Å². The maximum absolute atomic E-state index is 12.0. The van der Waals surface area contributed by atoms with E-state index in [1.807, 2.05) is 0 Å². The van der Waals surface area contributed by atoms with Crippen molar-refractivity contribution in [3.8, 4) is 0 Å². The van der Waals surface area contributed by atoms with Gasteiger partial charge in [-0.1, -0.05) is 0 Å². The first-order chi connectivity index (χ1) is 8.75. The van der Waals surface area contributed by atoms with Crippen LogP contribution in [0.4, 0.5) is 0 Å². The lowest BCUT2D eigenvalue weighted by Crippen LogP contribution is -2.50. The summed E-state index contributed by atoms with van der Waals surface area (Å²) in [5, 5.41) is 3.66. The van der Waals surface area contributed by atoms with Gasteiger partial charge in [-0.15, -0.1) is 0 Å². The van der Waals surface area contributed by atoms with Crippen molar-refractivity contribution < 1.29 is 9.53 Å². The van der Waals surface area contributed by atoms with Gasteiger partial charge in [0.1, 0.15) is 0 Å². The van der Waals surface area contributed by atoms with Gasteiger partial charge < -0.3 is 15.0 Å². The summed E-state index contributed by atoms with van der Waals surface area (Å²) < 4.78 is 5.73. The predicted molar refractivity (Wildman–Crippen MR) is 69.3 cm³/mol. The van der Waals surface area contributed by atoms with Gasteiger partial charge in [-0.2, -0.15) is 0 Å². The van der Waals surface area contributed by atoms with Crippen molar-refractivity contribution in [1.29, 1.82) is 0 Å². The largest absolute Gasteiger partial charge is 0.377 e. The molecule has 3 heterocycles. The molecule has 0 bridgehead atoms. The highest BCUT2D eigenvalue weighted by atomic mass is 16.5. The third-order valence-electron chi connectivity index (χ3n) is 4.73. The fourth-order valence-corrected chi connectivity index (χ4v) is 3.74. The molecule has 0 spiro atoms. The second-order valence-electron chi connectivity index (χ2n) is 5.97. The van der Waals surface area contributed by atoms with Crippen LogP contribution in [0.2, 0.25) is 0 Å². The Morgan fingerprint density at radius 3 is 3.00 bits per heavy atom. The van der Waals surface area contributed by atoms with Gasteiger partial charge in [0.2, 0.25) is 5.91 Å². The minimum absolute atomic E-state index is 0.344. The van der Waals surface area contributed by atoms with E-state index in [1.54, 1.807) is 0 Å². The maximum Gasteiger partial charge on any atom is 0.224 e. The van der Waals surface area contributed by atoms with Crippen molar-refractivity contribution in [2.45, 2.75) is 69.7 Å². The van der Waals surface area contributed by atoms with Crippen molar-refractivity contribution in [2.75, 3.05) is 13.2 Å². The lowest BCUT2D eigenvalue weighted by molar-refractivity contribution is -0.129. The molecule has 1 N–H and O–H groups in total. The molecule has 3 fully saturated rings. The summed E-state index contributed by atoms with van der Waals surface area (Å²) in [5.74, 6) is 0.344. The van der Waals surface area contributed by atoms with Gasteiger partial charge in [-0.3, -0.25) is 4.79 Å². The van der Waals surface area contributed by atoms with Gasteiger partial charge in [-0.05, 0) is 39.0 Å². The summed E-state index contributed by atoms with van der Waals surface area (Å²) in [6.07, 6.45) is 6.97. The molecule has 3 saturated heterocycles. The topological polar surface area (TPSA) is 41.6 Å². The van der Waals surface area contributed by atoms with Crippen LogP contribution in [0.5, 0.6) is 0 Å². The minimum atomic E-state index is 0.344. The molecular weight excluding hydrogens is 228 g/mol.